The maximum Gasteiger partial charge on any atom is 0.330 e. The van der Waals surface area contributed by atoms with Gasteiger partial charge in [-0.15, -0.1) is 0 Å². The molecule has 0 bridgehead atoms. The molecule has 0 aliphatic rings. The first-order valence-corrected chi connectivity index (χ1v) is 10.5. The number of hydrogen-bond donors (Lipinski definition) is 1. The van der Waals surface area contributed by atoms with Gasteiger partial charge < -0.3 is 28.8 Å². The van der Waals surface area contributed by atoms with Crippen molar-refractivity contribution >= 4 is 23.4 Å². The van der Waals surface area contributed by atoms with Gasteiger partial charge >= 0.3 is 11.9 Å². The highest BCUT2D eigenvalue weighted by Gasteiger charge is 2.24. The monoisotopic (exact) mass is 495 g/mol. The lowest BCUT2D eigenvalue weighted by molar-refractivity contribution is -0.386. The van der Waals surface area contributed by atoms with Crippen molar-refractivity contribution in [3.05, 3.63) is 53.1 Å². The van der Waals surface area contributed by atoms with Crippen LogP contribution < -0.4 is 9.47 Å². The van der Waals surface area contributed by atoms with Crippen molar-refractivity contribution < 1.29 is 48.1 Å². The number of nitrogens with zero attached hydrogens (tertiary/aromatic N) is 1. The van der Waals surface area contributed by atoms with Crippen LogP contribution in [0.5, 0.6) is 11.5 Å². The minimum Gasteiger partial charge on any atom is -0.493 e. The highest BCUT2D eigenvalue weighted by molar-refractivity contribution is 5.84. The molecule has 0 aliphatic carbocycles. The molecular weight excluding hydrogens is 466 g/mol. The summed E-state index contributed by atoms with van der Waals surface area (Å²) < 4.78 is 25.8. The van der Waals surface area contributed by atoms with Crippen LogP contribution in [-0.4, -0.2) is 67.4 Å². The molecule has 0 radical (unpaired) electrons. The number of benzene rings is 1. The van der Waals surface area contributed by atoms with Gasteiger partial charge in [0, 0.05) is 18.6 Å². The maximum atomic E-state index is 11.9. The van der Waals surface area contributed by atoms with E-state index in [1.165, 1.54) is 19.2 Å². The molecule has 12 nitrogen and oxygen atoms in total. The van der Waals surface area contributed by atoms with Crippen LogP contribution in [0.15, 0.2) is 37.4 Å². The number of ketones is 1. The van der Waals surface area contributed by atoms with Crippen molar-refractivity contribution in [3.8, 4) is 11.5 Å². The van der Waals surface area contributed by atoms with E-state index < -0.39 is 41.5 Å². The zero-order valence-corrected chi connectivity index (χ0v) is 19.6. The zero-order chi connectivity index (χ0) is 26.4. The normalized spacial score (nSPS) is 12.1. The third-order valence-corrected chi connectivity index (χ3v) is 4.56. The first-order chi connectivity index (χ1) is 16.6. The minimum atomic E-state index is -1.48. The molecule has 1 aromatic rings. The van der Waals surface area contributed by atoms with Crippen LogP contribution in [0.4, 0.5) is 5.69 Å². The van der Waals surface area contributed by atoms with Crippen LogP contribution in [0, 0.1) is 10.1 Å². The predicted molar refractivity (Wildman–Crippen MR) is 122 cm³/mol. The molecule has 0 saturated carbocycles. The summed E-state index contributed by atoms with van der Waals surface area (Å²) in [4.78, 5) is 45.0. The number of nitro groups is 1. The van der Waals surface area contributed by atoms with Crippen LogP contribution in [-0.2, 0) is 28.6 Å². The van der Waals surface area contributed by atoms with E-state index in [0.29, 0.717) is 0 Å². The predicted octanol–water partition coefficient (Wildman–Crippen LogP) is 2.23. The molecule has 0 fully saturated rings. The van der Waals surface area contributed by atoms with Gasteiger partial charge in [0.1, 0.15) is 19.3 Å². The fraction of sp³-hybridized carbons (Fsp3) is 0.435. The average molecular weight is 495 g/mol. The number of aliphatic hydroxyl groups is 1. The smallest absolute Gasteiger partial charge is 0.330 e. The molecule has 2 atom stereocenters. The number of carbonyl (C=O) groups is 3. The van der Waals surface area contributed by atoms with Gasteiger partial charge in [0.25, 0.3) is 5.69 Å². The summed E-state index contributed by atoms with van der Waals surface area (Å²) >= 11 is 0. The number of esters is 2. The Morgan fingerprint density at radius 3 is 2.34 bits per heavy atom. The molecule has 1 aromatic carbocycles. The lowest BCUT2D eigenvalue weighted by atomic mass is 10.1. The van der Waals surface area contributed by atoms with Gasteiger partial charge in [0.05, 0.1) is 43.0 Å². The van der Waals surface area contributed by atoms with Crippen molar-refractivity contribution in [2.75, 3.05) is 33.5 Å². The summed E-state index contributed by atoms with van der Waals surface area (Å²) in [5, 5.41) is 21.3. The van der Waals surface area contributed by atoms with Crippen molar-refractivity contribution in [2.24, 2.45) is 0 Å². The Kier molecular flexibility index (Phi) is 12.7. The highest BCUT2D eigenvalue weighted by Crippen LogP contribution is 2.38. The molecule has 0 aliphatic heterocycles. The summed E-state index contributed by atoms with van der Waals surface area (Å²) in [6, 6.07) is 2.61. The Hall–Kier alpha value is -3.77. The fourth-order valence-electron chi connectivity index (χ4n) is 2.74. The summed E-state index contributed by atoms with van der Waals surface area (Å²) in [5.41, 5.74) is -0.0476. The summed E-state index contributed by atoms with van der Waals surface area (Å²) in [5.74, 6) is -1.62. The Balaban J connectivity index is 2.75. The van der Waals surface area contributed by atoms with Crippen LogP contribution >= 0.6 is 0 Å². The number of rotatable bonds is 17. The van der Waals surface area contributed by atoms with Gasteiger partial charge in [-0.25, -0.2) is 9.59 Å². The second-order valence-electron chi connectivity index (χ2n) is 6.97. The second kappa shape index (κ2) is 15.2. The first-order valence-electron chi connectivity index (χ1n) is 10.5. The van der Waals surface area contributed by atoms with Crippen molar-refractivity contribution in [1.29, 1.82) is 0 Å². The third-order valence-electron chi connectivity index (χ3n) is 4.56. The van der Waals surface area contributed by atoms with Gasteiger partial charge in [-0.2, -0.15) is 0 Å². The molecule has 2 unspecified atom stereocenters. The Morgan fingerprint density at radius 2 is 1.74 bits per heavy atom. The molecule has 1 rings (SSSR count). The number of nitro benzene ring substituents is 1. The van der Waals surface area contributed by atoms with E-state index >= 15 is 0 Å². The molecule has 0 heterocycles. The molecule has 192 valence electrons. The molecule has 0 saturated heterocycles. The van der Waals surface area contributed by atoms with Gasteiger partial charge in [-0.05, 0) is 19.4 Å². The van der Waals surface area contributed by atoms with Gasteiger partial charge in [-0.1, -0.05) is 13.2 Å². The SMILES string of the molecule is C=CC(=O)OCCOC(C)c1cc(OC)c(OCCCC(=O)C(O)COC(=O)C=C)cc1[N+](=O)[O-]. The molecule has 35 heavy (non-hydrogen) atoms. The standard InChI is InChI=1S/C23H29NO11/c1-5-22(27)34-11-10-32-15(3)16-12-20(31-4)21(13-17(16)24(29)30)33-9-7-8-18(25)19(26)14-35-23(28)6-2/h5-6,12-13,15,19,26H,1-2,7-11,14H2,3-4H3. The summed E-state index contributed by atoms with van der Waals surface area (Å²) in [7, 11) is 1.36. The van der Waals surface area contributed by atoms with Crippen LogP contribution in [0.2, 0.25) is 0 Å². The van der Waals surface area contributed by atoms with Gasteiger partial charge in [-0.3, -0.25) is 14.9 Å². The first kappa shape index (κ1) is 29.3. The lowest BCUT2D eigenvalue weighted by Crippen LogP contribution is -2.27. The number of methoxy groups -OCH3 is 1. The Morgan fingerprint density at radius 1 is 1.09 bits per heavy atom. The van der Waals surface area contributed by atoms with E-state index in [-0.39, 0.29) is 55.4 Å². The number of hydrogen-bond acceptors (Lipinski definition) is 11. The van der Waals surface area contributed by atoms with Crippen LogP contribution in [0.1, 0.15) is 31.4 Å². The molecule has 0 spiro atoms. The molecule has 0 aromatic heterocycles. The highest BCUT2D eigenvalue weighted by atomic mass is 16.6. The maximum absolute atomic E-state index is 11.9. The molecular formula is C23H29NO11. The molecule has 12 heteroatoms. The summed E-state index contributed by atoms with van der Waals surface area (Å²) in [6.07, 6.45) is -0.164. The number of ether oxygens (including phenoxy) is 5. The van der Waals surface area contributed by atoms with E-state index in [2.05, 4.69) is 17.9 Å². The van der Waals surface area contributed by atoms with E-state index in [4.69, 9.17) is 18.9 Å². The summed E-state index contributed by atoms with van der Waals surface area (Å²) in [6.45, 7) is 7.55. The van der Waals surface area contributed by atoms with Crippen molar-refractivity contribution in [1.82, 2.24) is 0 Å². The third kappa shape index (κ3) is 9.94. The van der Waals surface area contributed by atoms with E-state index in [1.807, 2.05) is 0 Å². The average Bonchev–Trinajstić information content (AvgIpc) is 2.86. The van der Waals surface area contributed by atoms with E-state index in [9.17, 15) is 29.6 Å². The minimum absolute atomic E-state index is 0.00150. The Labute approximate surface area is 202 Å². The number of carbonyl (C=O) groups excluding carboxylic acids is 3. The molecule has 1 N–H and O–H groups in total. The van der Waals surface area contributed by atoms with Crippen molar-refractivity contribution in [3.63, 3.8) is 0 Å². The van der Waals surface area contributed by atoms with Crippen molar-refractivity contribution in [2.45, 2.75) is 32.0 Å². The fourth-order valence-corrected chi connectivity index (χ4v) is 2.74. The van der Waals surface area contributed by atoms with Crippen LogP contribution in [0.25, 0.3) is 0 Å². The largest absolute Gasteiger partial charge is 0.493 e. The van der Waals surface area contributed by atoms with Gasteiger partial charge in [0.15, 0.2) is 17.3 Å². The molecule has 0 amide bonds. The second-order valence-corrected chi connectivity index (χ2v) is 6.97. The van der Waals surface area contributed by atoms with E-state index in [0.717, 1.165) is 12.2 Å². The topological polar surface area (TPSA) is 161 Å². The van der Waals surface area contributed by atoms with Crippen LogP contribution in [0.3, 0.4) is 0 Å². The number of Topliss-reactive ketones (excluding diaryl/α,β-unsaturated/α-hetero) is 1. The zero-order valence-electron chi connectivity index (χ0n) is 19.6. The van der Waals surface area contributed by atoms with Gasteiger partial charge in [0.2, 0.25) is 0 Å². The Bertz CT molecular complexity index is 928. The lowest BCUT2D eigenvalue weighted by Gasteiger charge is -2.17. The number of aliphatic hydroxyl groups excluding tert-OH is 1. The quantitative estimate of drug-likeness (QED) is 0.111. The van der Waals surface area contributed by atoms with E-state index in [1.54, 1.807) is 6.92 Å².